The maximum Gasteiger partial charge on any atom is 0.323 e. The molecule has 11 heavy (non-hydrogen) atoms. The SMILES string of the molecule is N#CC1=NC(C#N)NC(=O)N1. The lowest BCUT2D eigenvalue weighted by atomic mass is 10.5. The topological polar surface area (TPSA) is 101 Å². The zero-order valence-electron chi connectivity index (χ0n) is 5.33. The quantitative estimate of drug-likeness (QED) is 0.465. The van der Waals surface area contributed by atoms with E-state index in [1.165, 1.54) is 0 Å². The first-order chi connectivity index (χ1) is 5.26. The number of amides is 2. The molecule has 1 atom stereocenters. The van der Waals surface area contributed by atoms with E-state index in [1.807, 2.05) is 0 Å². The molecule has 1 heterocycles. The molecule has 0 radical (unpaired) electrons. The second kappa shape index (κ2) is 2.67. The maximum absolute atomic E-state index is 10.6. The van der Waals surface area contributed by atoms with Crippen LogP contribution in [0.25, 0.3) is 0 Å². The number of nitrogens with zero attached hydrogens (tertiary/aromatic N) is 3. The minimum Gasteiger partial charge on any atom is -0.304 e. The number of urea groups is 1. The molecule has 1 unspecified atom stereocenters. The van der Waals surface area contributed by atoms with Gasteiger partial charge >= 0.3 is 6.03 Å². The number of carbonyl (C=O) groups is 1. The number of amidine groups is 1. The highest BCUT2D eigenvalue weighted by Gasteiger charge is 2.17. The van der Waals surface area contributed by atoms with Crippen LogP contribution < -0.4 is 10.6 Å². The van der Waals surface area contributed by atoms with Gasteiger partial charge in [0.2, 0.25) is 12.0 Å². The molecule has 0 spiro atoms. The summed E-state index contributed by atoms with van der Waals surface area (Å²) in [5, 5.41) is 20.9. The number of nitriles is 2. The van der Waals surface area contributed by atoms with Crippen LogP contribution in [0.3, 0.4) is 0 Å². The van der Waals surface area contributed by atoms with E-state index in [0.29, 0.717) is 0 Å². The predicted molar refractivity (Wildman–Crippen MR) is 34.1 cm³/mol. The monoisotopic (exact) mass is 149 g/mol. The van der Waals surface area contributed by atoms with E-state index >= 15 is 0 Å². The fraction of sp³-hybridized carbons (Fsp3) is 0.200. The third-order valence-electron chi connectivity index (χ3n) is 0.986. The molecule has 0 aromatic rings. The fourth-order valence-electron chi connectivity index (χ4n) is 0.579. The lowest BCUT2D eigenvalue weighted by Gasteiger charge is -2.13. The van der Waals surface area contributed by atoms with Gasteiger partial charge in [-0.1, -0.05) is 0 Å². The summed E-state index contributed by atoms with van der Waals surface area (Å²) in [6.45, 7) is 0. The molecule has 0 saturated carbocycles. The predicted octanol–water partition coefficient (Wildman–Crippen LogP) is -0.929. The molecule has 0 aliphatic carbocycles. The molecule has 2 amide bonds. The first-order valence-corrected chi connectivity index (χ1v) is 2.71. The van der Waals surface area contributed by atoms with Gasteiger partial charge in [-0.2, -0.15) is 10.5 Å². The Hall–Kier alpha value is -2.08. The molecule has 6 nitrogen and oxygen atoms in total. The van der Waals surface area contributed by atoms with Crippen molar-refractivity contribution in [3.63, 3.8) is 0 Å². The third kappa shape index (κ3) is 1.43. The second-order valence-corrected chi connectivity index (χ2v) is 1.72. The highest BCUT2D eigenvalue weighted by Crippen LogP contribution is 1.90. The van der Waals surface area contributed by atoms with Gasteiger partial charge in [0.15, 0.2) is 0 Å². The van der Waals surface area contributed by atoms with Crippen molar-refractivity contribution in [3.05, 3.63) is 0 Å². The molecule has 1 aliphatic heterocycles. The highest BCUT2D eigenvalue weighted by molar-refractivity contribution is 6.07. The zero-order chi connectivity index (χ0) is 8.27. The van der Waals surface area contributed by atoms with Gasteiger partial charge in [0, 0.05) is 0 Å². The summed E-state index contributed by atoms with van der Waals surface area (Å²) >= 11 is 0. The van der Waals surface area contributed by atoms with Gasteiger partial charge in [-0.15, -0.1) is 0 Å². The van der Waals surface area contributed by atoms with Crippen LogP contribution >= 0.6 is 0 Å². The fourth-order valence-corrected chi connectivity index (χ4v) is 0.579. The summed E-state index contributed by atoms with van der Waals surface area (Å²) in [5.74, 6) is -0.139. The average Bonchev–Trinajstić information content (AvgIpc) is 2.03. The molecule has 6 heteroatoms. The zero-order valence-corrected chi connectivity index (χ0v) is 5.33. The van der Waals surface area contributed by atoms with Crippen LogP contribution in [0.15, 0.2) is 4.99 Å². The van der Waals surface area contributed by atoms with Crippen molar-refractivity contribution < 1.29 is 4.79 Å². The van der Waals surface area contributed by atoms with Crippen LogP contribution in [0.2, 0.25) is 0 Å². The lowest BCUT2D eigenvalue weighted by molar-refractivity contribution is 0.242. The van der Waals surface area contributed by atoms with Gasteiger partial charge in [-0.3, -0.25) is 5.32 Å². The summed E-state index contributed by atoms with van der Waals surface area (Å²) in [6, 6.07) is 2.73. The van der Waals surface area contributed by atoms with Crippen LogP contribution in [0.1, 0.15) is 0 Å². The molecule has 1 aliphatic rings. The summed E-state index contributed by atoms with van der Waals surface area (Å²) in [7, 11) is 0. The van der Waals surface area contributed by atoms with E-state index < -0.39 is 12.2 Å². The molecule has 0 fully saturated rings. The maximum atomic E-state index is 10.6. The smallest absolute Gasteiger partial charge is 0.304 e. The van der Waals surface area contributed by atoms with Gasteiger partial charge in [0.25, 0.3) is 0 Å². The van der Waals surface area contributed by atoms with E-state index in [4.69, 9.17) is 10.5 Å². The lowest BCUT2D eigenvalue weighted by Crippen LogP contribution is -2.48. The van der Waals surface area contributed by atoms with Crippen molar-refractivity contribution in [1.82, 2.24) is 10.6 Å². The molecule has 0 aromatic heterocycles. The molecular formula is C5H3N5O. The molecule has 1 rings (SSSR count). The van der Waals surface area contributed by atoms with E-state index in [2.05, 4.69) is 15.6 Å². The van der Waals surface area contributed by atoms with E-state index in [9.17, 15) is 4.79 Å². The van der Waals surface area contributed by atoms with Gasteiger partial charge in [0.05, 0.1) is 0 Å². The first kappa shape index (κ1) is 7.03. The summed E-state index contributed by atoms with van der Waals surface area (Å²) in [4.78, 5) is 14.1. The Labute approximate surface area is 62.1 Å². The van der Waals surface area contributed by atoms with Crippen LogP contribution in [-0.2, 0) is 0 Å². The summed E-state index contributed by atoms with van der Waals surface area (Å²) in [6.07, 6.45) is -0.946. The molecule has 2 N–H and O–H groups in total. The average molecular weight is 149 g/mol. The van der Waals surface area contributed by atoms with Crippen molar-refractivity contribution >= 4 is 11.9 Å². The Balaban J connectivity index is 2.85. The number of carbonyl (C=O) groups excluding carboxylic acids is 1. The Bertz CT molecular complexity index is 293. The highest BCUT2D eigenvalue weighted by atomic mass is 16.2. The Morgan fingerprint density at radius 1 is 1.55 bits per heavy atom. The number of nitrogens with one attached hydrogen (secondary N) is 2. The number of rotatable bonds is 0. The van der Waals surface area contributed by atoms with Crippen molar-refractivity contribution in [1.29, 1.82) is 10.5 Å². The van der Waals surface area contributed by atoms with E-state index in [-0.39, 0.29) is 5.84 Å². The van der Waals surface area contributed by atoms with Crippen molar-refractivity contribution in [2.24, 2.45) is 4.99 Å². The number of hydrogen-bond acceptors (Lipinski definition) is 4. The molecule has 0 bridgehead atoms. The number of hydrogen-bond donors (Lipinski definition) is 2. The van der Waals surface area contributed by atoms with E-state index in [0.717, 1.165) is 0 Å². The van der Waals surface area contributed by atoms with Crippen molar-refractivity contribution in [2.75, 3.05) is 0 Å². The van der Waals surface area contributed by atoms with Gasteiger partial charge < -0.3 is 5.32 Å². The minimum absolute atomic E-state index is 0.139. The second-order valence-electron chi connectivity index (χ2n) is 1.72. The molecular weight excluding hydrogens is 146 g/mol. The van der Waals surface area contributed by atoms with Crippen LogP contribution in [0, 0.1) is 22.7 Å². The van der Waals surface area contributed by atoms with Gasteiger partial charge in [-0.25, -0.2) is 9.79 Å². The summed E-state index contributed by atoms with van der Waals surface area (Å²) < 4.78 is 0. The summed E-state index contributed by atoms with van der Waals surface area (Å²) in [5.41, 5.74) is 0. The van der Waals surface area contributed by atoms with Crippen LogP contribution in [-0.4, -0.2) is 18.0 Å². The number of aliphatic imine (C=N–C) groups is 1. The Kier molecular flexibility index (Phi) is 1.71. The van der Waals surface area contributed by atoms with Crippen LogP contribution in [0.5, 0.6) is 0 Å². The molecule has 0 aromatic carbocycles. The Morgan fingerprint density at radius 2 is 2.27 bits per heavy atom. The Morgan fingerprint density at radius 3 is 2.82 bits per heavy atom. The third-order valence-corrected chi connectivity index (χ3v) is 0.986. The van der Waals surface area contributed by atoms with E-state index in [1.54, 1.807) is 12.1 Å². The largest absolute Gasteiger partial charge is 0.323 e. The standard InChI is InChI=1S/C5H3N5O/c6-1-3-8-4(2-7)10-5(11)9-3/h3H,(H2,8,9,10,11). The van der Waals surface area contributed by atoms with Crippen molar-refractivity contribution in [3.8, 4) is 12.1 Å². The molecule has 0 saturated heterocycles. The molecule has 54 valence electrons. The minimum atomic E-state index is -0.946. The first-order valence-electron chi connectivity index (χ1n) is 2.71. The van der Waals surface area contributed by atoms with Crippen LogP contribution in [0.4, 0.5) is 4.79 Å². The normalized spacial score (nSPS) is 21.8. The van der Waals surface area contributed by atoms with Crippen molar-refractivity contribution in [2.45, 2.75) is 6.17 Å². The van der Waals surface area contributed by atoms with Gasteiger partial charge in [0.1, 0.15) is 12.1 Å². The van der Waals surface area contributed by atoms with Gasteiger partial charge in [-0.05, 0) is 0 Å².